The first-order valence-corrected chi connectivity index (χ1v) is 9.57. The highest BCUT2D eigenvalue weighted by Crippen LogP contribution is 2.28. The van der Waals surface area contributed by atoms with Crippen molar-refractivity contribution in [3.05, 3.63) is 115 Å². The number of benzene rings is 4. The maximum absolute atomic E-state index is 11.7. The fourth-order valence-corrected chi connectivity index (χ4v) is 3.09. The lowest BCUT2D eigenvalue weighted by Gasteiger charge is -2.16. The molecule has 0 heterocycles. The van der Waals surface area contributed by atoms with E-state index < -0.39 is 12.1 Å². The molecule has 4 rings (SSSR count). The Labute approximate surface area is 175 Å². The summed E-state index contributed by atoms with van der Waals surface area (Å²) >= 11 is 0. The quantitative estimate of drug-likeness (QED) is 0.395. The van der Waals surface area contributed by atoms with Gasteiger partial charge in [0, 0.05) is 5.56 Å². The van der Waals surface area contributed by atoms with Gasteiger partial charge in [0.2, 0.25) is 6.10 Å². The Morgan fingerprint density at radius 2 is 1.10 bits per heavy atom. The van der Waals surface area contributed by atoms with Crippen molar-refractivity contribution in [3.8, 4) is 28.4 Å². The third kappa shape index (κ3) is 4.67. The van der Waals surface area contributed by atoms with Crippen LogP contribution in [0.15, 0.2) is 109 Å². The smallest absolute Gasteiger partial charge is 0.349 e. The maximum Gasteiger partial charge on any atom is 0.349 e. The Morgan fingerprint density at radius 1 is 0.600 bits per heavy atom. The highest BCUT2D eigenvalue weighted by molar-refractivity contribution is 5.75. The summed E-state index contributed by atoms with van der Waals surface area (Å²) in [6.45, 7) is 0. The van der Waals surface area contributed by atoms with Gasteiger partial charge in [0.15, 0.2) is 0 Å². The number of hydrogen-bond acceptors (Lipinski definition) is 3. The Bertz CT molecular complexity index is 1090. The molecule has 0 fully saturated rings. The van der Waals surface area contributed by atoms with Gasteiger partial charge in [-0.3, -0.25) is 0 Å². The van der Waals surface area contributed by atoms with E-state index in [1.54, 1.807) is 48.5 Å². The molecule has 0 radical (unpaired) electrons. The van der Waals surface area contributed by atoms with E-state index in [0.717, 1.165) is 11.1 Å². The lowest BCUT2D eigenvalue weighted by Crippen LogP contribution is -2.18. The van der Waals surface area contributed by atoms with Crippen LogP contribution in [0.2, 0.25) is 0 Å². The van der Waals surface area contributed by atoms with E-state index in [-0.39, 0.29) is 0 Å². The maximum atomic E-state index is 11.7. The van der Waals surface area contributed by atoms with E-state index in [1.165, 1.54) is 0 Å². The van der Waals surface area contributed by atoms with E-state index in [9.17, 15) is 9.90 Å². The van der Waals surface area contributed by atoms with Crippen LogP contribution < -0.4 is 9.47 Å². The van der Waals surface area contributed by atoms with Crippen LogP contribution in [-0.2, 0) is 4.79 Å². The summed E-state index contributed by atoms with van der Waals surface area (Å²) in [7, 11) is 0. The van der Waals surface area contributed by atoms with E-state index in [0.29, 0.717) is 22.8 Å². The Balaban J connectivity index is 1.45. The number of carboxylic acid groups (broad SMARTS) is 1. The second-order valence-electron chi connectivity index (χ2n) is 6.71. The minimum atomic E-state index is -1.09. The van der Waals surface area contributed by atoms with Crippen LogP contribution in [0.25, 0.3) is 11.1 Å². The molecule has 0 aliphatic heterocycles. The molecule has 0 aromatic heterocycles. The summed E-state index contributed by atoms with van der Waals surface area (Å²) < 4.78 is 11.5. The van der Waals surface area contributed by atoms with Crippen LogP contribution in [0, 0.1) is 0 Å². The molecule has 4 aromatic carbocycles. The van der Waals surface area contributed by atoms with Gasteiger partial charge in [-0.05, 0) is 47.5 Å². The van der Waals surface area contributed by atoms with Crippen LogP contribution in [0.5, 0.6) is 17.2 Å². The molecular weight excluding hydrogens is 376 g/mol. The molecule has 4 nitrogen and oxygen atoms in total. The zero-order valence-corrected chi connectivity index (χ0v) is 16.1. The van der Waals surface area contributed by atoms with Crippen molar-refractivity contribution in [2.24, 2.45) is 0 Å². The van der Waals surface area contributed by atoms with Crippen LogP contribution in [0.4, 0.5) is 0 Å². The first-order chi connectivity index (χ1) is 14.7. The van der Waals surface area contributed by atoms with Gasteiger partial charge in [0.25, 0.3) is 0 Å². The number of ether oxygens (including phenoxy) is 2. The highest BCUT2D eigenvalue weighted by Gasteiger charge is 2.22. The molecule has 0 saturated heterocycles. The average molecular weight is 396 g/mol. The van der Waals surface area contributed by atoms with Crippen molar-refractivity contribution in [2.75, 3.05) is 0 Å². The lowest BCUT2D eigenvalue weighted by atomic mass is 10.1. The topological polar surface area (TPSA) is 55.8 Å². The summed E-state index contributed by atoms with van der Waals surface area (Å²) in [6, 6.07) is 33.8. The summed E-state index contributed by atoms with van der Waals surface area (Å²) in [5.41, 5.74) is 2.80. The highest BCUT2D eigenvalue weighted by atomic mass is 16.5. The van der Waals surface area contributed by atoms with Crippen molar-refractivity contribution < 1.29 is 19.4 Å². The van der Waals surface area contributed by atoms with Crippen LogP contribution in [-0.4, -0.2) is 11.1 Å². The average Bonchev–Trinajstić information content (AvgIpc) is 2.80. The van der Waals surface area contributed by atoms with E-state index in [2.05, 4.69) is 12.1 Å². The van der Waals surface area contributed by atoms with Gasteiger partial charge in [0.1, 0.15) is 17.2 Å². The van der Waals surface area contributed by atoms with Crippen molar-refractivity contribution in [3.63, 3.8) is 0 Å². The van der Waals surface area contributed by atoms with Gasteiger partial charge in [-0.1, -0.05) is 72.8 Å². The number of aliphatic carboxylic acids is 1. The monoisotopic (exact) mass is 396 g/mol. The third-order valence-corrected chi connectivity index (χ3v) is 4.60. The van der Waals surface area contributed by atoms with Gasteiger partial charge < -0.3 is 14.6 Å². The fourth-order valence-electron chi connectivity index (χ4n) is 3.09. The molecule has 0 amide bonds. The summed E-state index contributed by atoms with van der Waals surface area (Å²) in [6.07, 6.45) is -1.09. The van der Waals surface area contributed by atoms with Gasteiger partial charge in [-0.2, -0.15) is 0 Å². The number of hydrogen-bond donors (Lipinski definition) is 1. The van der Waals surface area contributed by atoms with Crippen molar-refractivity contribution in [1.29, 1.82) is 0 Å². The molecule has 0 aliphatic carbocycles. The number of para-hydroxylation sites is 1. The van der Waals surface area contributed by atoms with Gasteiger partial charge >= 0.3 is 5.97 Å². The summed E-state index contributed by atoms with van der Waals surface area (Å²) in [4.78, 5) is 11.7. The number of rotatable bonds is 7. The SMILES string of the molecule is O=C(O)C(Oc1ccccc1)c1ccc(Oc2ccc(-c3ccccc3)cc2)cc1. The molecule has 0 bridgehead atoms. The van der Waals surface area contributed by atoms with Crippen LogP contribution in [0.1, 0.15) is 11.7 Å². The van der Waals surface area contributed by atoms with Gasteiger partial charge in [-0.25, -0.2) is 4.79 Å². The largest absolute Gasteiger partial charge is 0.478 e. The zero-order valence-electron chi connectivity index (χ0n) is 16.1. The Hall–Kier alpha value is -4.05. The minimum absolute atomic E-state index is 0.503. The standard InChI is InChI=1S/C26H20O4/c27-26(28)25(30-22-9-5-2-6-10-22)21-13-17-24(18-14-21)29-23-15-11-20(12-16-23)19-7-3-1-4-8-19/h1-18,25H,(H,27,28). The molecule has 4 heteroatoms. The number of carboxylic acids is 1. The van der Waals surface area contributed by atoms with Crippen molar-refractivity contribution >= 4 is 5.97 Å². The zero-order chi connectivity index (χ0) is 20.8. The molecule has 0 saturated carbocycles. The second-order valence-corrected chi connectivity index (χ2v) is 6.71. The second kappa shape index (κ2) is 8.97. The molecule has 4 aromatic rings. The summed E-state index contributed by atoms with van der Waals surface area (Å²) in [5, 5.41) is 9.56. The van der Waals surface area contributed by atoms with Crippen molar-refractivity contribution in [2.45, 2.75) is 6.10 Å². The third-order valence-electron chi connectivity index (χ3n) is 4.60. The molecule has 0 spiro atoms. The van der Waals surface area contributed by atoms with Gasteiger partial charge in [0.05, 0.1) is 0 Å². The fraction of sp³-hybridized carbons (Fsp3) is 0.0385. The molecule has 1 atom stereocenters. The Kier molecular flexibility index (Phi) is 5.76. The van der Waals surface area contributed by atoms with Crippen LogP contribution in [0.3, 0.4) is 0 Å². The van der Waals surface area contributed by atoms with Crippen molar-refractivity contribution in [1.82, 2.24) is 0 Å². The predicted molar refractivity (Wildman–Crippen MR) is 116 cm³/mol. The van der Waals surface area contributed by atoms with E-state index >= 15 is 0 Å². The molecular formula is C26H20O4. The Morgan fingerprint density at radius 3 is 1.67 bits per heavy atom. The lowest BCUT2D eigenvalue weighted by molar-refractivity contribution is -0.145. The first-order valence-electron chi connectivity index (χ1n) is 9.57. The summed E-state index contributed by atoms with van der Waals surface area (Å²) in [5.74, 6) is 0.778. The molecule has 148 valence electrons. The molecule has 1 N–H and O–H groups in total. The van der Waals surface area contributed by atoms with E-state index in [1.807, 2.05) is 48.5 Å². The number of carbonyl (C=O) groups is 1. The van der Waals surface area contributed by atoms with Crippen LogP contribution >= 0.6 is 0 Å². The predicted octanol–water partition coefficient (Wildman–Crippen LogP) is 6.35. The molecule has 0 aliphatic rings. The minimum Gasteiger partial charge on any atom is -0.478 e. The normalized spacial score (nSPS) is 11.5. The molecule has 30 heavy (non-hydrogen) atoms. The van der Waals surface area contributed by atoms with E-state index in [4.69, 9.17) is 9.47 Å². The first kappa shape index (κ1) is 19.3. The molecule has 1 unspecified atom stereocenters. The van der Waals surface area contributed by atoms with Gasteiger partial charge in [-0.15, -0.1) is 0 Å².